The molecule has 0 bridgehead atoms. The standard InChI is InChI=1S/C18H17N3O4S/c22-17(20-14-5-2-13-11-19-18(23)16(13)10-14)12-3-6-15(7-4-12)21-8-1-9-26(21,24)25/h2-7,10H,1,8-9,11H2,(H,19,23)(H,20,22). The van der Waals surface area contributed by atoms with Gasteiger partial charge in [-0.1, -0.05) is 6.07 Å². The summed E-state index contributed by atoms with van der Waals surface area (Å²) in [5, 5.41) is 5.49. The molecular weight excluding hydrogens is 354 g/mol. The fraction of sp³-hybridized carbons (Fsp3) is 0.222. The summed E-state index contributed by atoms with van der Waals surface area (Å²) >= 11 is 0. The van der Waals surface area contributed by atoms with Crippen LogP contribution in [-0.2, 0) is 16.6 Å². The van der Waals surface area contributed by atoms with Crippen molar-refractivity contribution in [2.75, 3.05) is 21.9 Å². The van der Waals surface area contributed by atoms with E-state index in [0.717, 1.165) is 5.56 Å². The van der Waals surface area contributed by atoms with Crippen LogP contribution in [0.4, 0.5) is 11.4 Å². The van der Waals surface area contributed by atoms with Gasteiger partial charge in [-0.2, -0.15) is 0 Å². The van der Waals surface area contributed by atoms with E-state index in [1.807, 2.05) is 6.07 Å². The third-order valence-electron chi connectivity index (χ3n) is 4.57. The molecule has 0 aromatic heterocycles. The third-order valence-corrected chi connectivity index (χ3v) is 6.44. The molecule has 8 heteroatoms. The van der Waals surface area contributed by atoms with Crippen molar-refractivity contribution in [3.8, 4) is 0 Å². The molecule has 1 fully saturated rings. The number of amides is 2. The summed E-state index contributed by atoms with van der Waals surface area (Å²) in [5.74, 6) is -0.312. The molecule has 0 radical (unpaired) electrons. The summed E-state index contributed by atoms with van der Waals surface area (Å²) in [5.41, 5.74) is 2.99. The molecule has 0 aliphatic carbocycles. The third kappa shape index (κ3) is 2.92. The highest BCUT2D eigenvalue weighted by Crippen LogP contribution is 2.25. The highest BCUT2D eigenvalue weighted by molar-refractivity contribution is 7.93. The van der Waals surface area contributed by atoms with Gasteiger partial charge in [-0.15, -0.1) is 0 Å². The first-order chi connectivity index (χ1) is 12.4. The van der Waals surface area contributed by atoms with Gasteiger partial charge >= 0.3 is 0 Å². The van der Waals surface area contributed by atoms with Crippen molar-refractivity contribution in [2.45, 2.75) is 13.0 Å². The smallest absolute Gasteiger partial charge is 0.255 e. The van der Waals surface area contributed by atoms with Gasteiger partial charge in [0.1, 0.15) is 0 Å². The highest BCUT2D eigenvalue weighted by Gasteiger charge is 2.28. The molecule has 2 aromatic carbocycles. The molecule has 1 saturated heterocycles. The molecule has 2 aliphatic heterocycles. The molecule has 2 aromatic rings. The number of hydrogen-bond acceptors (Lipinski definition) is 4. The van der Waals surface area contributed by atoms with Crippen LogP contribution in [-0.4, -0.2) is 32.5 Å². The van der Waals surface area contributed by atoms with E-state index in [1.54, 1.807) is 36.4 Å². The first-order valence-electron chi connectivity index (χ1n) is 8.27. The van der Waals surface area contributed by atoms with E-state index in [4.69, 9.17) is 0 Å². The lowest BCUT2D eigenvalue weighted by Gasteiger charge is -2.17. The van der Waals surface area contributed by atoms with Crippen LogP contribution in [0.5, 0.6) is 0 Å². The minimum atomic E-state index is -3.24. The Morgan fingerprint density at radius 1 is 1.12 bits per heavy atom. The molecule has 0 saturated carbocycles. The lowest BCUT2D eigenvalue weighted by atomic mass is 10.1. The lowest BCUT2D eigenvalue weighted by Crippen LogP contribution is -2.25. The molecule has 2 heterocycles. The fourth-order valence-corrected chi connectivity index (χ4v) is 4.77. The van der Waals surface area contributed by atoms with Crippen LogP contribution in [0.1, 0.15) is 32.7 Å². The van der Waals surface area contributed by atoms with E-state index >= 15 is 0 Å². The summed E-state index contributed by atoms with van der Waals surface area (Å²) in [6, 6.07) is 11.7. The number of carbonyl (C=O) groups is 2. The number of nitrogens with one attached hydrogen (secondary N) is 2. The summed E-state index contributed by atoms with van der Waals surface area (Å²) in [4.78, 5) is 24.1. The predicted molar refractivity (Wildman–Crippen MR) is 97.8 cm³/mol. The zero-order valence-electron chi connectivity index (χ0n) is 13.9. The number of fused-ring (bicyclic) bond motifs is 1. The molecule has 134 valence electrons. The molecular formula is C18H17N3O4S. The molecule has 2 amide bonds. The van der Waals surface area contributed by atoms with Crippen LogP contribution in [0.15, 0.2) is 42.5 Å². The van der Waals surface area contributed by atoms with Crippen molar-refractivity contribution < 1.29 is 18.0 Å². The van der Waals surface area contributed by atoms with Crippen LogP contribution in [0, 0.1) is 0 Å². The van der Waals surface area contributed by atoms with Crippen molar-refractivity contribution >= 4 is 33.2 Å². The molecule has 2 aliphatic rings. The Bertz CT molecular complexity index is 1000. The minimum Gasteiger partial charge on any atom is -0.348 e. The topological polar surface area (TPSA) is 95.6 Å². The monoisotopic (exact) mass is 371 g/mol. The molecule has 0 unspecified atom stereocenters. The Kier molecular flexibility index (Phi) is 3.91. The number of sulfonamides is 1. The first kappa shape index (κ1) is 16.6. The highest BCUT2D eigenvalue weighted by atomic mass is 32.2. The van der Waals surface area contributed by atoms with E-state index in [1.165, 1.54) is 4.31 Å². The second-order valence-corrected chi connectivity index (χ2v) is 8.31. The van der Waals surface area contributed by atoms with Gasteiger partial charge in [0, 0.05) is 29.9 Å². The van der Waals surface area contributed by atoms with Crippen molar-refractivity contribution in [1.82, 2.24) is 5.32 Å². The second-order valence-electron chi connectivity index (χ2n) is 6.30. The quantitative estimate of drug-likeness (QED) is 0.859. The zero-order valence-corrected chi connectivity index (χ0v) is 14.7. The molecule has 0 atom stereocenters. The average molecular weight is 371 g/mol. The van der Waals surface area contributed by atoms with E-state index in [-0.39, 0.29) is 17.6 Å². The first-order valence-corrected chi connectivity index (χ1v) is 9.88. The van der Waals surface area contributed by atoms with Gasteiger partial charge in [0.2, 0.25) is 10.0 Å². The number of hydrogen-bond donors (Lipinski definition) is 2. The number of nitrogens with zero attached hydrogens (tertiary/aromatic N) is 1. The van der Waals surface area contributed by atoms with Crippen LogP contribution < -0.4 is 14.9 Å². The van der Waals surface area contributed by atoms with Crippen LogP contribution in [0.2, 0.25) is 0 Å². The zero-order chi connectivity index (χ0) is 18.3. The Balaban J connectivity index is 1.51. The molecule has 7 nitrogen and oxygen atoms in total. The maximum absolute atomic E-state index is 12.4. The summed E-state index contributed by atoms with van der Waals surface area (Å²) < 4.78 is 25.3. The molecule has 0 spiro atoms. The van der Waals surface area contributed by atoms with E-state index in [9.17, 15) is 18.0 Å². The Labute approximate surface area is 151 Å². The summed E-state index contributed by atoms with van der Waals surface area (Å²) in [6.07, 6.45) is 0.608. The SMILES string of the molecule is O=C(Nc1ccc2c(c1)C(=O)NC2)c1ccc(N2CCCS2(=O)=O)cc1. The molecule has 2 N–H and O–H groups in total. The number of anilines is 2. The lowest BCUT2D eigenvalue weighted by molar-refractivity contribution is 0.0964. The van der Waals surface area contributed by atoms with Gasteiger partial charge in [0.05, 0.1) is 11.4 Å². The minimum absolute atomic E-state index is 0.146. The molecule has 26 heavy (non-hydrogen) atoms. The largest absolute Gasteiger partial charge is 0.348 e. The summed E-state index contributed by atoms with van der Waals surface area (Å²) in [6.45, 7) is 0.967. The van der Waals surface area contributed by atoms with E-state index in [0.29, 0.717) is 42.0 Å². The van der Waals surface area contributed by atoms with E-state index < -0.39 is 10.0 Å². The van der Waals surface area contributed by atoms with Crippen molar-refractivity contribution in [1.29, 1.82) is 0 Å². The van der Waals surface area contributed by atoms with Crippen molar-refractivity contribution in [2.24, 2.45) is 0 Å². The fourth-order valence-electron chi connectivity index (χ4n) is 3.20. The average Bonchev–Trinajstić information content (AvgIpc) is 3.17. The van der Waals surface area contributed by atoms with Gasteiger partial charge in [-0.3, -0.25) is 13.9 Å². The Morgan fingerprint density at radius 3 is 2.58 bits per heavy atom. The van der Waals surface area contributed by atoms with Gasteiger partial charge in [0.15, 0.2) is 0 Å². The van der Waals surface area contributed by atoms with Gasteiger partial charge in [-0.05, 0) is 48.4 Å². The molecule has 4 rings (SSSR count). The van der Waals surface area contributed by atoms with Gasteiger partial charge < -0.3 is 10.6 Å². The Hall–Kier alpha value is -2.87. The normalized spacial score (nSPS) is 17.7. The predicted octanol–water partition coefficient (Wildman–Crippen LogP) is 1.72. The maximum atomic E-state index is 12.4. The van der Waals surface area contributed by atoms with Crippen LogP contribution >= 0.6 is 0 Å². The Morgan fingerprint density at radius 2 is 1.88 bits per heavy atom. The van der Waals surface area contributed by atoms with E-state index in [2.05, 4.69) is 10.6 Å². The van der Waals surface area contributed by atoms with Gasteiger partial charge in [0.25, 0.3) is 11.8 Å². The van der Waals surface area contributed by atoms with Crippen molar-refractivity contribution in [3.05, 3.63) is 59.2 Å². The van der Waals surface area contributed by atoms with Gasteiger partial charge in [-0.25, -0.2) is 8.42 Å². The second kappa shape index (κ2) is 6.14. The number of carbonyl (C=O) groups excluding carboxylic acids is 2. The number of rotatable bonds is 3. The van der Waals surface area contributed by atoms with Crippen molar-refractivity contribution in [3.63, 3.8) is 0 Å². The number of benzene rings is 2. The van der Waals surface area contributed by atoms with Crippen LogP contribution in [0.3, 0.4) is 0 Å². The summed E-state index contributed by atoms with van der Waals surface area (Å²) in [7, 11) is -3.24. The maximum Gasteiger partial charge on any atom is 0.255 e. The van der Waals surface area contributed by atoms with Crippen LogP contribution in [0.25, 0.3) is 0 Å².